The smallest absolute Gasteiger partial charge is 0.203 e. The van der Waals surface area contributed by atoms with E-state index in [0.29, 0.717) is 12.4 Å². The Labute approximate surface area is 132 Å². The molecule has 0 spiro atoms. The van der Waals surface area contributed by atoms with Crippen LogP contribution in [0.1, 0.15) is 24.4 Å². The standard InChI is InChI=1S/C14H16N6OS/c1-10(17-14-18-13(7-21-2)19-22-14)11-3-5-12(6-4-11)20-9-15-8-16-20/h3-6,8-10H,7H2,1-2H3,(H,17,18,19). The van der Waals surface area contributed by atoms with Crippen LogP contribution in [-0.4, -0.2) is 31.2 Å². The Kier molecular flexibility index (Phi) is 4.40. The molecule has 1 N–H and O–H groups in total. The van der Waals surface area contributed by atoms with Crippen molar-refractivity contribution in [3.05, 3.63) is 48.3 Å². The highest BCUT2D eigenvalue weighted by atomic mass is 32.1. The molecule has 22 heavy (non-hydrogen) atoms. The summed E-state index contributed by atoms with van der Waals surface area (Å²) < 4.78 is 11.0. The van der Waals surface area contributed by atoms with Gasteiger partial charge in [-0.15, -0.1) is 0 Å². The first-order valence-corrected chi connectivity index (χ1v) is 7.56. The maximum absolute atomic E-state index is 5.02. The maximum atomic E-state index is 5.02. The lowest BCUT2D eigenvalue weighted by Crippen LogP contribution is -2.07. The minimum atomic E-state index is 0.133. The van der Waals surface area contributed by atoms with E-state index in [1.165, 1.54) is 17.9 Å². The maximum Gasteiger partial charge on any atom is 0.203 e. The van der Waals surface area contributed by atoms with Crippen LogP contribution in [0.4, 0.5) is 5.13 Å². The van der Waals surface area contributed by atoms with Gasteiger partial charge in [0.1, 0.15) is 19.3 Å². The lowest BCUT2D eigenvalue weighted by Gasteiger charge is -2.13. The van der Waals surface area contributed by atoms with E-state index in [4.69, 9.17) is 4.74 Å². The molecule has 2 aromatic heterocycles. The van der Waals surface area contributed by atoms with Crippen LogP contribution in [0.5, 0.6) is 0 Å². The fourth-order valence-electron chi connectivity index (χ4n) is 2.03. The number of aromatic nitrogens is 5. The molecule has 0 bridgehead atoms. The highest BCUT2D eigenvalue weighted by molar-refractivity contribution is 7.09. The summed E-state index contributed by atoms with van der Waals surface area (Å²) in [7, 11) is 1.63. The number of anilines is 1. The molecule has 0 radical (unpaired) electrons. The van der Waals surface area contributed by atoms with Crippen molar-refractivity contribution in [1.82, 2.24) is 24.1 Å². The van der Waals surface area contributed by atoms with Crippen LogP contribution in [0, 0.1) is 0 Å². The Bertz CT molecular complexity index is 709. The third kappa shape index (κ3) is 3.29. The Morgan fingerprint density at radius 3 is 2.82 bits per heavy atom. The van der Waals surface area contributed by atoms with Gasteiger partial charge >= 0.3 is 0 Å². The minimum absolute atomic E-state index is 0.133. The average Bonchev–Trinajstić information content (AvgIpc) is 3.20. The quantitative estimate of drug-likeness (QED) is 0.752. The molecule has 3 aromatic rings. The number of rotatable bonds is 6. The molecule has 0 aliphatic carbocycles. The summed E-state index contributed by atoms with van der Waals surface area (Å²) in [6.45, 7) is 2.51. The van der Waals surface area contributed by atoms with Crippen molar-refractivity contribution in [2.75, 3.05) is 12.4 Å². The minimum Gasteiger partial charge on any atom is -0.377 e. The number of methoxy groups -OCH3 is 1. The summed E-state index contributed by atoms with van der Waals surface area (Å²) in [5, 5.41) is 8.25. The van der Waals surface area contributed by atoms with Crippen molar-refractivity contribution in [3.63, 3.8) is 0 Å². The van der Waals surface area contributed by atoms with Crippen LogP contribution in [0.25, 0.3) is 5.69 Å². The zero-order valence-electron chi connectivity index (χ0n) is 12.3. The Morgan fingerprint density at radius 2 is 2.14 bits per heavy atom. The van der Waals surface area contributed by atoms with Crippen molar-refractivity contribution >= 4 is 16.7 Å². The number of hydrogen-bond acceptors (Lipinski definition) is 7. The number of nitrogens with one attached hydrogen (secondary N) is 1. The van der Waals surface area contributed by atoms with Gasteiger partial charge in [-0.05, 0) is 24.6 Å². The summed E-state index contributed by atoms with van der Waals surface area (Å²) >= 11 is 1.34. The van der Waals surface area contributed by atoms with E-state index in [-0.39, 0.29) is 6.04 Å². The third-order valence-corrected chi connectivity index (χ3v) is 3.84. The summed E-state index contributed by atoms with van der Waals surface area (Å²) in [5.74, 6) is 0.698. The van der Waals surface area contributed by atoms with Crippen molar-refractivity contribution in [3.8, 4) is 5.69 Å². The van der Waals surface area contributed by atoms with Crippen molar-refractivity contribution in [1.29, 1.82) is 0 Å². The number of hydrogen-bond donors (Lipinski definition) is 1. The monoisotopic (exact) mass is 316 g/mol. The molecule has 1 atom stereocenters. The van der Waals surface area contributed by atoms with Crippen LogP contribution in [0.15, 0.2) is 36.9 Å². The first kappa shape index (κ1) is 14.6. The fourth-order valence-corrected chi connectivity index (χ4v) is 2.69. The highest BCUT2D eigenvalue weighted by Crippen LogP contribution is 2.21. The molecule has 1 aromatic carbocycles. The largest absolute Gasteiger partial charge is 0.377 e. The Morgan fingerprint density at radius 1 is 1.32 bits per heavy atom. The molecule has 0 aliphatic rings. The van der Waals surface area contributed by atoms with Crippen LogP contribution in [0.2, 0.25) is 0 Å². The molecule has 0 aliphatic heterocycles. The Balaban J connectivity index is 1.67. The summed E-state index contributed by atoms with van der Waals surface area (Å²) in [4.78, 5) is 8.32. The molecule has 0 fully saturated rings. The average molecular weight is 316 g/mol. The Hall–Kier alpha value is -2.32. The van der Waals surface area contributed by atoms with Gasteiger partial charge in [-0.25, -0.2) is 14.6 Å². The van der Waals surface area contributed by atoms with Gasteiger partial charge in [-0.1, -0.05) is 12.1 Å². The zero-order valence-corrected chi connectivity index (χ0v) is 13.1. The second-order valence-electron chi connectivity index (χ2n) is 4.75. The lowest BCUT2D eigenvalue weighted by atomic mass is 10.1. The molecule has 0 saturated carbocycles. The van der Waals surface area contributed by atoms with Gasteiger partial charge in [0, 0.05) is 18.6 Å². The summed E-state index contributed by atoms with van der Waals surface area (Å²) in [5.41, 5.74) is 2.14. The predicted octanol–water partition coefficient (Wildman–Crippen LogP) is 2.44. The van der Waals surface area contributed by atoms with Gasteiger partial charge in [0.15, 0.2) is 5.82 Å². The summed E-state index contributed by atoms with van der Waals surface area (Å²) in [6, 6.07) is 8.28. The first-order chi connectivity index (χ1) is 10.8. The molecular formula is C14H16N6OS. The molecule has 0 amide bonds. The van der Waals surface area contributed by atoms with Crippen LogP contribution >= 0.6 is 11.5 Å². The molecule has 8 heteroatoms. The van der Waals surface area contributed by atoms with Crippen molar-refractivity contribution < 1.29 is 4.74 Å². The van der Waals surface area contributed by atoms with Gasteiger partial charge < -0.3 is 10.1 Å². The van der Waals surface area contributed by atoms with Crippen molar-refractivity contribution in [2.24, 2.45) is 0 Å². The van der Waals surface area contributed by atoms with Crippen LogP contribution in [-0.2, 0) is 11.3 Å². The molecule has 1 unspecified atom stereocenters. The van der Waals surface area contributed by atoms with E-state index >= 15 is 0 Å². The van der Waals surface area contributed by atoms with Crippen LogP contribution in [0.3, 0.4) is 0 Å². The predicted molar refractivity (Wildman–Crippen MR) is 84.0 cm³/mol. The number of benzene rings is 1. The second-order valence-corrected chi connectivity index (χ2v) is 5.50. The zero-order chi connectivity index (χ0) is 15.4. The third-order valence-electron chi connectivity index (χ3n) is 3.16. The molecule has 114 valence electrons. The van der Waals surface area contributed by atoms with Crippen LogP contribution < -0.4 is 5.32 Å². The first-order valence-electron chi connectivity index (χ1n) is 6.79. The molecule has 2 heterocycles. The van der Waals surface area contributed by atoms with E-state index in [2.05, 4.69) is 43.8 Å². The topological polar surface area (TPSA) is 77.8 Å². The van der Waals surface area contributed by atoms with Gasteiger partial charge in [-0.2, -0.15) is 9.47 Å². The van der Waals surface area contributed by atoms with E-state index in [0.717, 1.165) is 16.4 Å². The molecule has 0 saturated heterocycles. The van der Waals surface area contributed by atoms with E-state index in [1.807, 2.05) is 12.1 Å². The van der Waals surface area contributed by atoms with E-state index in [9.17, 15) is 0 Å². The van der Waals surface area contributed by atoms with Gasteiger partial charge in [0.25, 0.3) is 0 Å². The molecule has 3 rings (SSSR count). The van der Waals surface area contributed by atoms with Gasteiger partial charge in [-0.3, -0.25) is 0 Å². The normalized spacial score (nSPS) is 12.3. The lowest BCUT2D eigenvalue weighted by molar-refractivity contribution is 0.179. The van der Waals surface area contributed by atoms with Gasteiger partial charge in [0.05, 0.1) is 11.7 Å². The fraction of sp³-hybridized carbons (Fsp3) is 0.286. The van der Waals surface area contributed by atoms with E-state index in [1.54, 1.807) is 18.1 Å². The highest BCUT2D eigenvalue weighted by Gasteiger charge is 2.09. The number of ether oxygens (including phenoxy) is 1. The molecular weight excluding hydrogens is 300 g/mol. The van der Waals surface area contributed by atoms with E-state index < -0.39 is 0 Å². The number of nitrogens with zero attached hydrogens (tertiary/aromatic N) is 5. The van der Waals surface area contributed by atoms with Crippen molar-refractivity contribution in [2.45, 2.75) is 19.6 Å². The second kappa shape index (κ2) is 6.63. The summed E-state index contributed by atoms with van der Waals surface area (Å²) in [6.07, 6.45) is 3.19. The SMILES string of the molecule is COCc1nsc(NC(C)c2ccc(-n3cncn3)cc2)n1. The van der Waals surface area contributed by atoms with Gasteiger partial charge in [0.2, 0.25) is 5.13 Å². The molecule has 7 nitrogen and oxygen atoms in total.